The van der Waals surface area contributed by atoms with Crippen LogP contribution < -0.4 is 0 Å². The van der Waals surface area contributed by atoms with Gasteiger partial charge < -0.3 is 5.11 Å². The molecule has 0 heterocycles. The molecule has 1 aromatic rings. The van der Waals surface area contributed by atoms with Crippen molar-refractivity contribution in [1.82, 2.24) is 0 Å². The zero-order chi connectivity index (χ0) is 10.0. The topological polar surface area (TPSA) is 54.4 Å². The number of carbonyl (C=O) groups excluding carboxylic acids is 2. The molecule has 0 aromatic heterocycles. The van der Waals surface area contributed by atoms with Crippen molar-refractivity contribution in [2.45, 2.75) is 6.92 Å². The van der Waals surface area contributed by atoms with Gasteiger partial charge >= 0.3 is 0 Å². The Morgan fingerprint density at radius 2 is 2.15 bits per heavy atom. The number of halogens is 1. The molecule has 0 aliphatic carbocycles. The average molecular weight is 290 g/mol. The number of aldehydes is 1. The molecule has 4 heteroatoms. The van der Waals surface area contributed by atoms with E-state index in [4.69, 9.17) is 0 Å². The van der Waals surface area contributed by atoms with Gasteiger partial charge in [-0.2, -0.15) is 0 Å². The Hall–Kier alpha value is -0.910. The SMILES string of the molecule is CC(=O)c1cc(C=O)cc(I)c1O. The molecule has 1 rings (SSSR count). The van der Waals surface area contributed by atoms with Crippen LogP contribution in [0.25, 0.3) is 0 Å². The summed E-state index contributed by atoms with van der Waals surface area (Å²) in [7, 11) is 0. The lowest BCUT2D eigenvalue weighted by Crippen LogP contribution is -1.96. The third-order valence-electron chi connectivity index (χ3n) is 1.60. The van der Waals surface area contributed by atoms with Crippen molar-refractivity contribution in [3.63, 3.8) is 0 Å². The fraction of sp³-hybridized carbons (Fsp3) is 0.111. The molecular weight excluding hydrogens is 283 g/mol. The summed E-state index contributed by atoms with van der Waals surface area (Å²) in [5.74, 6) is -0.308. The van der Waals surface area contributed by atoms with Gasteiger partial charge in [0, 0.05) is 5.56 Å². The van der Waals surface area contributed by atoms with Crippen LogP contribution in [-0.2, 0) is 0 Å². The van der Waals surface area contributed by atoms with E-state index in [-0.39, 0.29) is 17.1 Å². The molecule has 0 aliphatic heterocycles. The van der Waals surface area contributed by atoms with Crippen LogP contribution >= 0.6 is 22.6 Å². The molecule has 0 atom stereocenters. The first kappa shape index (κ1) is 10.2. The molecule has 0 amide bonds. The van der Waals surface area contributed by atoms with Gasteiger partial charge in [-0.25, -0.2) is 0 Å². The second kappa shape index (κ2) is 3.87. The number of phenols is 1. The summed E-state index contributed by atoms with van der Waals surface area (Å²) in [5.41, 5.74) is 0.585. The van der Waals surface area contributed by atoms with Gasteiger partial charge in [0.05, 0.1) is 9.13 Å². The third-order valence-corrected chi connectivity index (χ3v) is 2.42. The largest absolute Gasteiger partial charge is 0.506 e. The zero-order valence-corrected chi connectivity index (χ0v) is 9.03. The molecule has 0 radical (unpaired) electrons. The van der Waals surface area contributed by atoms with Gasteiger partial charge in [0.1, 0.15) is 12.0 Å². The predicted molar refractivity (Wildman–Crippen MR) is 56.2 cm³/mol. The lowest BCUT2D eigenvalue weighted by atomic mass is 10.1. The van der Waals surface area contributed by atoms with Crippen molar-refractivity contribution in [2.24, 2.45) is 0 Å². The molecule has 0 spiro atoms. The number of phenolic OH excluding ortho intramolecular Hbond substituents is 1. The Morgan fingerprint density at radius 1 is 1.54 bits per heavy atom. The number of hydrogen-bond donors (Lipinski definition) is 1. The minimum absolute atomic E-state index is 0.0568. The van der Waals surface area contributed by atoms with Crippen molar-refractivity contribution in [1.29, 1.82) is 0 Å². The highest BCUT2D eigenvalue weighted by atomic mass is 127. The number of aromatic hydroxyl groups is 1. The first-order valence-electron chi connectivity index (χ1n) is 3.55. The number of hydrogen-bond acceptors (Lipinski definition) is 3. The summed E-state index contributed by atoms with van der Waals surface area (Å²) < 4.78 is 0.507. The summed E-state index contributed by atoms with van der Waals surface area (Å²) in [6, 6.07) is 2.90. The van der Waals surface area contributed by atoms with E-state index in [2.05, 4.69) is 0 Å². The average Bonchev–Trinajstić information content (AvgIpc) is 2.09. The molecule has 1 aromatic carbocycles. The van der Waals surface area contributed by atoms with E-state index in [0.717, 1.165) is 0 Å². The molecule has 0 unspecified atom stereocenters. The van der Waals surface area contributed by atoms with E-state index >= 15 is 0 Å². The van der Waals surface area contributed by atoms with E-state index < -0.39 is 0 Å². The first-order valence-corrected chi connectivity index (χ1v) is 4.62. The Labute approximate surface area is 88.9 Å². The normalized spacial score (nSPS) is 9.69. The van der Waals surface area contributed by atoms with Gasteiger partial charge in [0.25, 0.3) is 0 Å². The smallest absolute Gasteiger partial charge is 0.163 e. The first-order chi connectivity index (χ1) is 6.06. The van der Waals surface area contributed by atoms with Gasteiger partial charge in [0.2, 0.25) is 0 Å². The maximum atomic E-state index is 11.0. The van der Waals surface area contributed by atoms with Crippen LogP contribution in [-0.4, -0.2) is 17.2 Å². The van der Waals surface area contributed by atoms with E-state index in [9.17, 15) is 14.7 Å². The van der Waals surface area contributed by atoms with Crippen molar-refractivity contribution in [3.8, 4) is 5.75 Å². The lowest BCUT2D eigenvalue weighted by Gasteiger charge is -2.03. The second-order valence-electron chi connectivity index (χ2n) is 2.57. The highest BCUT2D eigenvalue weighted by Gasteiger charge is 2.11. The summed E-state index contributed by atoms with van der Waals surface area (Å²) in [5, 5.41) is 9.44. The van der Waals surface area contributed by atoms with Crippen LogP contribution in [0, 0.1) is 3.57 Å². The minimum atomic E-state index is -0.251. The van der Waals surface area contributed by atoms with Crippen LogP contribution in [0.4, 0.5) is 0 Å². The monoisotopic (exact) mass is 290 g/mol. The highest BCUT2D eigenvalue weighted by molar-refractivity contribution is 14.1. The van der Waals surface area contributed by atoms with E-state index in [1.54, 1.807) is 0 Å². The van der Waals surface area contributed by atoms with Crippen LogP contribution in [0.15, 0.2) is 12.1 Å². The summed E-state index contributed by atoms with van der Waals surface area (Å²) in [4.78, 5) is 21.5. The van der Waals surface area contributed by atoms with Crippen LogP contribution in [0.3, 0.4) is 0 Å². The van der Waals surface area contributed by atoms with Crippen LogP contribution in [0.5, 0.6) is 5.75 Å². The van der Waals surface area contributed by atoms with Crippen LogP contribution in [0.2, 0.25) is 0 Å². The molecule has 0 aliphatic rings. The maximum Gasteiger partial charge on any atom is 0.163 e. The number of rotatable bonds is 2. The maximum absolute atomic E-state index is 11.0. The van der Waals surface area contributed by atoms with Gasteiger partial charge in [0.15, 0.2) is 5.78 Å². The standard InChI is InChI=1S/C9H7IO3/c1-5(12)7-2-6(4-11)3-8(10)9(7)13/h2-4,13H,1H3. The fourth-order valence-electron chi connectivity index (χ4n) is 0.956. The zero-order valence-electron chi connectivity index (χ0n) is 6.87. The molecule has 0 saturated heterocycles. The van der Waals surface area contributed by atoms with E-state index in [1.165, 1.54) is 19.1 Å². The molecule has 0 bridgehead atoms. The molecule has 1 N–H and O–H groups in total. The van der Waals surface area contributed by atoms with Gasteiger partial charge in [-0.15, -0.1) is 0 Å². The van der Waals surface area contributed by atoms with Crippen molar-refractivity contribution >= 4 is 34.7 Å². The second-order valence-corrected chi connectivity index (χ2v) is 3.74. The molecule has 68 valence electrons. The van der Waals surface area contributed by atoms with Gasteiger partial charge in [-0.3, -0.25) is 9.59 Å². The summed E-state index contributed by atoms with van der Waals surface area (Å²) >= 11 is 1.87. The number of Topliss-reactive ketones (excluding diaryl/α,β-unsaturated/α-hetero) is 1. The van der Waals surface area contributed by atoms with Crippen LogP contribution in [0.1, 0.15) is 27.6 Å². The van der Waals surface area contributed by atoms with E-state index in [1.807, 2.05) is 22.6 Å². The quantitative estimate of drug-likeness (QED) is 0.515. The minimum Gasteiger partial charge on any atom is -0.506 e. The number of benzene rings is 1. The van der Waals surface area contributed by atoms with Crippen molar-refractivity contribution in [3.05, 3.63) is 26.8 Å². The number of ketones is 1. The Bertz CT molecular complexity index is 371. The summed E-state index contributed by atoms with van der Waals surface area (Å²) in [6.45, 7) is 1.35. The molecule has 0 fully saturated rings. The Kier molecular flexibility index (Phi) is 3.02. The van der Waals surface area contributed by atoms with Crippen molar-refractivity contribution < 1.29 is 14.7 Å². The summed E-state index contributed by atoms with van der Waals surface area (Å²) in [6.07, 6.45) is 0.647. The lowest BCUT2D eigenvalue weighted by molar-refractivity contribution is 0.101. The van der Waals surface area contributed by atoms with Gasteiger partial charge in [-0.1, -0.05) is 0 Å². The van der Waals surface area contributed by atoms with Crippen molar-refractivity contribution in [2.75, 3.05) is 0 Å². The highest BCUT2D eigenvalue weighted by Crippen LogP contribution is 2.25. The molecule has 3 nitrogen and oxygen atoms in total. The fourth-order valence-corrected chi connectivity index (χ4v) is 1.61. The molecule has 0 saturated carbocycles. The molecule has 13 heavy (non-hydrogen) atoms. The Balaban J connectivity index is 3.41. The van der Waals surface area contributed by atoms with Gasteiger partial charge in [-0.05, 0) is 41.6 Å². The predicted octanol–water partition coefficient (Wildman–Crippen LogP) is 2.01. The van der Waals surface area contributed by atoms with E-state index in [0.29, 0.717) is 15.4 Å². The molecular formula is C9H7IO3. The number of carbonyl (C=O) groups is 2. The third kappa shape index (κ3) is 2.06. The Morgan fingerprint density at radius 3 is 2.62 bits per heavy atom.